The maximum atomic E-state index is 13.8. The van der Waals surface area contributed by atoms with E-state index in [-0.39, 0.29) is 5.82 Å². The molecule has 4 heteroatoms. The number of hydrogen-bond donors (Lipinski definition) is 2. The molecule has 86 valence electrons. The Bertz CT molecular complexity index is 553. The van der Waals surface area contributed by atoms with E-state index in [1.54, 1.807) is 12.1 Å². The zero-order chi connectivity index (χ0) is 11.8. The summed E-state index contributed by atoms with van der Waals surface area (Å²) in [5, 5.41) is 0.451. The highest BCUT2D eigenvalue weighted by molar-refractivity contribution is 6.32. The van der Waals surface area contributed by atoms with Crippen LogP contribution in [0.3, 0.4) is 0 Å². The van der Waals surface area contributed by atoms with Crippen molar-refractivity contribution in [2.24, 2.45) is 0 Å². The van der Waals surface area contributed by atoms with Gasteiger partial charge in [0.2, 0.25) is 0 Å². The van der Waals surface area contributed by atoms with Gasteiger partial charge in [-0.3, -0.25) is 0 Å². The summed E-state index contributed by atoms with van der Waals surface area (Å²) in [4.78, 5) is 0. The van der Waals surface area contributed by atoms with E-state index in [0.29, 0.717) is 17.0 Å². The lowest BCUT2D eigenvalue weighted by Crippen LogP contribution is -2.19. The third kappa shape index (κ3) is 1.72. The predicted octanol–water partition coefficient (Wildman–Crippen LogP) is 3.14. The first kappa shape index (κ1) is 10.4. The number of rotatable bonds is 1. The molecule has 1 aliphatic heterocycles. The first-order chi connectivity index (χ1) is 8.25. The van der Waals surface area contributed by atoms with Crippen molar-refractivity contribution in [3.63, 3.8) is 0 Å². The minimum atomic E-state index is -0.278. The lowest BCUT2D eigenvalue weighted by atomic mass is 9.93. The van der Waals surface area contributed by atoms with E-state index in [0.717, 1.165) is 16.8 Å². The van der Waals surface area contributed by atoms with Gasteiger partial charge >= 0.3 is 0 Å². The van der Waals surface area contributed by atoms with Gasteiger partial charge in [-0.15, -0.1) is 0 Å². The Morgan fingerprint density at radius 3 is 2.88 bits per heavy atom. The molecule has 0 amide bonds. The summed E-state index contributed by atoms with van der Waals surface area (Å²) >= 11 is 6.05. The summed E-state index contributed by atoms with van der Waals surface area (Å²) in [5.74, 6) is -0.278. The first-order valence-corrected chi connectivity index (χ1v) is 5.70. The van der Waals surface area contributed by atoms with Gasteiger partial charge in [-0.1, -0.05) is 23.7 Å². The smallest absolute Gasteiger partial charge is 0.132 e. The Morgan fingerprint density at radius 1 is 1.18 bits per heavy atom. The van der Waals surface area contributed by atoms with E-state index in [9.17, 15) is 4.39 Å². The predicted molar refractivity (Wildman–Crippen MR) is 66.4 cm³/mol. The highest BCUT2D eigenvalue weighted by Crippen LogP contribution is 2.35. The molecule has 0 radical (unpaired) electrons. The van der Waals surface area contributed by atoms with Gasteiger partial charge in [0, 0.05) is 18.2 Å². The van der Waals surface area contributed by atoms with Gasteiger partial charge in [-0.05, 0) is 29.4 Å². The minimum Gasteiger partial charge on any atom is -0.308 e. The van der Waals surface area contributed by atoms with Crippen LogP contribution in [-0.4, -0.2) is 0 Å². The monoisotopic (exact) mass is 248 g/mol. The lowest BCUT2D eigenvalue weighted by molar-refractivity contribution is 0.623. The van der Waals surface area contributed by atoms with E-state index in [2.05, 4.69) is 10.9 Å². The molecule has 2 nitrogen and oxygen atoms in total. The number of hydrazine groups is 1. The van der Waals surface area contributed by atoms with E-state index in [1.165, 1.54) is 6.07 Å². The molecular formula is C13H10ClFN2. The molecule has 0 bridgehead atoms. The SMILES string of the molecule is Fc1cccc(Cl)c1C1=CC=C2NNC=C2C1. The Balaban J connectivity index is 2.07. The molecule has 1 aliphatic carbocycles. The number of hydrogen-bond acceptors (Lipinski definition) is 2. The van der Waals surface area contributed by atoms with E-state index >= 15 is 0 Å². The average molecular weight is 249 g/mol. The zero-order valence-electron chi connectivity index (χ0n) is 8.93. The second-order valence-corrected chi connectivity index (χ2v) is 4.39. The van der Waals surface area contributed by atoms with Crippen molar-refractivity contribution in [1.29, 1.82) is 0 Å². The fraction of sp³-hybridized carbons (Fsp3) is 0.0769. The van der Waals surface area contributed by atoms with Gasteiger partial charge in [0.1, 0.15) is 5.82 Å². The number of allylic oxidation sites excluding steroid dienone is 4. The van der Waals surface area contributed by atoms with Crippen LogP contribution in [0.2, 0.25) is 5.02 Å². The van der Waals surface area contributed by atoms with Crippen molar-refractivity contribution < 1.29 is 4.39 Å². The second kappa shape index (κ2) is 3.93. The number of halogens is 2. The van der Waals surface area contributed by atoms with Crippen LogP contribution in [0.1, 0.15) is 12.0 Å². The summed E-state index contributed by atoms with van der Waals surface area (Å²) in [6.07, 6.45) is 6.38. The molecule has 0 aromatic heterocycles. The van der Waals surface area contributed by atoms with Crippen LogP contribution in [0.15, 0.2) is 47.8 Å². The Morgan fingerprint density at radius 2 is 2.06 bits per heavy atom. The van der Waals surface area contributed by atoms with Crippen LogP contribution in [0.5, 0.6) is 0 Å². The molecule has 0 saturated heterocycles. The average Bonchev–Trinajstić information content (AvgIpc) is 2.76. The summed E-state index contributed by atoms with van der Waals surface area (Å²) in [6.45, 7) is 0. The maximum absolute atomic E-state index is 13.8. The normalized spacial score (nSPS) is 17.4. The molecule has 0 atom stereocenters. The first-order valence-electron chi connectivity index (χ1n) is 5.32. The second-order valence-electron chi connectivity index (χ2n) is 3.98. The topological polar surface area (TPSA) is 24.1 Å². The maximum Gasteiger partial charge on any atom is 0.132 e. The molecule has 1 aromatic rings. The number of nitrogens with one attached hydrogen (secondary N) is 2. The molecule has 3 rings (SSSR count). The molecule has 1 heterocycles. The van der Waals surface area contributed by atoms with Gasteiger partial charge in [-0.25, -0.2) is 4.39 Å². The summed E-state index contributed by atoms with van der Waals surface area (Å²) < 4.78 is 13.8. The highest BCUT2D eigenvalue weighted by Gasteiger charge is 2.20. The Kier molecular flexibility index (Phi) is 2.41. The van der Waals surface area contributed by atoms with Gasteiger partial charge in [-0.2, -0.15) is 0 Å². The van der Waals surface area contributed by atoms with Crippen molar-refractivity contribution in [3.05, 3.63) is 64.2 Å². The largest absolute Gasteiger partial charge is 0.308 e. The Labute approximate surface area is 103 Å². The van der Waals surface area contributed by atoms with Crippen molar-refractivity contribution >= 4 is 17.2 Å². The molecule has 0 saturated carbocycles. The van der Waals surface area contributed by atoms with Crippen molar-refractivity contribution in [2.45, 2.75) is 6.42 Å². The van der Waals surface area contributed by atoms with Crippen LogP contribution in [0, 0.1) is 5.82 Å². The zero-order valence-corrected chi connectivity index (χ0v) is 9.68. The van der Waals surface area contributed by atoms with Crippen LogP contribution in [-0.2, 0) is 0 Å². The molecule has 0 fully saturated rings. The quantitative estimate of drug-likeness (QED) is 0.798. The van der Waals surface area contributed by atoms with Crippen molar-refractivity contribution in [1.82, 2.24) is 10.9 Å². The molecule has 1 aromatic carbocycles. The third-order valence-electron chi connectivity index (χ3n) is 2.92. The van der Waals surface area contributed by atoms with Crippen LogP contribution in [0.25, 0.3) is 5.57 Å². The van der Waals surface area contributed by atoms with Gasteiger partial charge in [0.25, 0.3) is 0 Å². The highest BCUT2D eigenvalue weighted by atomic mass is 35.5. The Hall–Kier alpha value is -1.74. The van der Waals surface area contributed by atoms with Crippen molar-refractivity contribution in [2.75, 3.05) is 0 Å². The molecule has 17 heavy (non-hydrogen) atoms. The molecule has 0 spiro atoms. The molecule has 0 unspecified atom stereocenters. The van der Waals surface area contributed by atoms with Crippen molar-refractivity contribution in [3.8, 4) is 0 Å². The van der Waals surface area contributed by atoms with Gasteiger partial charge < -0.3 is 10.9 Å². The van der Waals surface area contributed by atoms with Gasteiger partial charge in [0.15, 0.2) is 0 Å². The molecule has 2 aliphatic rings. The summed E-state index contributed by atoms with van der Waals surface area (Å²) in [5.41, 5.74) is 9.47. The van der Waals surface area contributed by atoms with E-state index in [4.69, 9.17) is 11.6 Å². The minimum absolute atomic E-state index is 0.278. The number of benzene rings is 1. The standard InChI is InChI=1S/C13H10ClFN2/c14-10-2-1-3-11(15)13(10)8-4-5-12-9(6-8)7-16-17-12/h1-5,7,16-17H,6H2. The fourth-order valence-corrected chi connectivity index (χ4v) is 2.36. The van der Waals surface area contributed by atoms with Crippen LogP contribution < -0.4 is 10.9 Å². The molecular weight excluding hydrogens is 239 g/mol. The van der Waals surface area contributed by atoms with Gasteiger partial charge in [0.05, 0.1) is 10.7 Å². The van der Waals surface area contributed by atoms with Crippen LogP contribution >= 0.6 is 11.6 Å². The fourth-order valence-electron chi connectivity index (χ4n) is 2.08. The molecule has 2 N–H and O–H groups in total. The summed E-state index contributed by atoms with van der Waals surface area (Å²) in [7, 11) is 0. The van der Waals surface area contributed by atoms with E-state index < -0.39 is 0 Å². The van der Waals surface area contributed by atoms with Crippen LogP contribution in [0.4, 0.5) is 4.39 Å². The third-order valence-corrected chi connectivity index (χ3v) is 3.23. The lowest BCUT2D eigenvalue weighted by Gasteiger charge is -2.15. The number of fused-ring (bicyclic) bond motifs is 1. The van der Waals surface area contributed by atoms with E-state index in [1.807, 2.05) is 18.4 Å². The summed E-state index contributed by atoms with van der Waals surface area (Å²) in [6, 6.07) is 4.75.